The lowest BCUT2D eigenvalue weighted by molar-refractivity contribution is -0.0509. The lowest BCUT2D eigenvalue weighted by Gasteiger charge is -2.20. The molecule has 0 amide bonds. The van der Waals surface area contributed by atoms with E-state index in [9.17, 15) is 43.2 Å². The molecule has 0 aromatic carbocycles. The van der Waals surface area contributed by atoms with Crippen molar-refractivity contribution in [1.82, 2.24) is 3.71 Å². The van der Waals surface area contributed by atoms with Gasteiger partial charge in [0, 0.05) is 0 Å². The van der Waals surface area contributed by atoms with Gasteiger partial charge in [-0.2, -0.15) is 43.2 Å². The van der Waals surface area contributed by atoms with Crippen LogP contribution in [0.2, 0.25) is 0 Å². The maximum absolute atomic E-state index is 11.8. The highest BCUT2D eigenvalue weighted by atomic mass is 32.3. The Labute approximate surface area is 90.4 Å². The zero-order valence-corrected chi connectivity index (χ0v) is 8.87. The Morgan fingerprint density at radius 1 is 0.824 bits per heavy atom. The molecule has 14 heteroatoms. The van der Waals surface area contributed by atoms with Gasteiger partial charge in [0.25, 0.3) is 0 Å². The Bertz CT molecular complexity index is 456. The molecular formula is C3H2F6N2O4S2. The molecule has 0 aliphatic carbocycles. The van der Waals surface area contributed by atoms with Crippen molar-refractivity contribution in [3.8, 4) is 0 Å². The summed E-state index contributed by atoms with van der Waals surface area (Å²) in [5.41, 5.74) is -12.6. The highest BCUT2D eigenvalue weighted by Gasteiger charge is 2.60. The largest absolute Gasteiger partial charge is 0.517 e. The highest BCUT2D eigenvalue weighted by molar-refractivity contribution is 8.05. The van der Waals surface area contributed by atoms with Crippen LogP contribution in [0.5, 0.6) is 0 Å². The molecule has 0 saturated heterocycles. The zero-order valence-electron chi connectivity index (χ0n) is 7.24. The van der Waals surface area contributed by atoms with Crippen LogP contribution >= 0.6 is 0 Å². The van der Waals surface area contributed by atoms with Crippen molar-refractivity contribution in [2.75, 3.05) is 0 Å². The predicted molar refractivity (Wildman–Crippen MR) is 40.6 cm³/mol. The van der Waals surface area contributed by atoms with Crippen LogP contribution in [-0.4, -0.2) is 37.9 Å². The lowest BCUT2D eigenvalue weighted by Crippen LogP contribution is -2.48. The summed E-state index contributed by atoms with van der Waals surface area (Å²) in [4.78, 5) is 0. The molecule has 102 valence electrons. The molecule has 0 aromatic rings. The average molecular weight is 308 g/mol. The Kier molecular flexibility index (Phi) is 3.76. The van der Waals surface area contributed by atoms with Gasteiger partial charge < -0.3 is 0 Å². The van der Waals surface area contributed by atoms with Gasteiger partial charge in [0.15, 0.2) is 0 Å². The molecule has 0 bridgehead atoms. The van der Waals surface area contributed by atoms with Crippen LogP contribution in [-0.2, 0) is 20.0 Å². The van der Waals surface area contributed by atoms with Gasteiger partial charge in [-0.05, 0) is 0 Å². The summed E-state index contributed by atoms with van der Waals surface area (Å²) in [6, 6.07) is 0. The smallest absolute Gasteiger partial charge is 0.290 e. The van der Waals surface area contributed by atoms with E-state index >= 15 is 0 Å². The molecule has 0 heterocycles. The Morgan fingerprint density at radius 2 is 1.06 bits per heavy atom. The van der Waals surface area contributed by atoms with Crippen molar-refractivity contribution in [2.24, 2.45) is 0 Å². The highest BCUT2D eigenvalue weighted by Crippen LogP contribution is 2.33. The average Bonchev–Trinajstić information content (AvgIpc) is 1.99. The van der Waals surface area contributed by atoms with Gasteiger partial charge in [0.05, 0.1) is 0 Å². The molecule has 0 radical (unpaired) electrons. The van der Waals surface area contributed by atoms with Crippen molar-refractivity contribution < 1.29 is 43.2 Å². The van der Waals surface area contributed by atoms with Gasteiger partial charge in [-0.25, -0.2) is 0 Å². The molecule has 6 nitrogen and oxygen atoms in total. The fourth-order valence-corrected chi connectivity index (χ4v) is 2.70. The van der Waals surface area contributed by atoms with E-state index in [-0.39, 0.29) is 0 Å². The standard InChI is InChI=1S/C3H2F6N2O4S2/c4-2(5,6)16(12,13)11(1-10)17(14,15)3(7,8)9/h1,10H. The predicted octanol–water partition coefficient (Wildman–Crippen LogP) is 0.595. The van der Waals surface area contributed by atoms with E-state index in [2.05, 4.69) is 0 Å². The first kappa shape index (κ1) is 16.0. The summed E-state index contributed by atoms with van der Waals surface area (Å²) in [6.07, 6.45) is -1.11. The Hall–Kier alpha value is -1.05. The minimum atomic E-state index is -6.85. The number of halogens is 6. The number of hydrogen-bond donors (Lipinski definition) is 1. The monoisotopic (exact) mass is 308 g/mol. The Morgan fingerprint density at radius 3 is 1.18 bits per heavy atom. The van der Waals surface area contributed by atoms with Crippen LogP contribution in [0.4, 0.5) is 26.3 Å². The molecule has 0 spiro atoms. The number of sulfonamides is 2. The van der Waals surface area contributed by atoms with Crippen molar-refractivity contribution in [2.45, 2.75) is 11.0 Å². The van der Waals surface area contributed by atoms with Gasteiger partial charge in [0.2, 0.25) is 0 Å². The second kappa shape index (κ2) is 4.01. The maximum Gasteiger partial charge on any atom is 0.517 e. The summed E-state index contributed by atoms with van der Waals surface area (Å²) < 4.78 is 111. The lowest BCUT2D eigenvalue weighted by atomic mass is 11.4. The first-order valence-electron chi connectivity index (χ1n) is 3.12. The van der Waals surface area contributed by atoms with Crippen molar-refractivity contribution in [3.63, 3.8) is 0 Å². The van der Waals surface area contributed by atoms with Gasteiger partial charge in [0.1, 0.15) is 6.34 Å². The van der Waals surface area contributed by atoms with Crippen molar-refractivity contribution >= 4 is 26.4 Å². The van der Waals surface area contributed by atoms with E-state index in [1.807, 2.05) is 0 Å². The fraction of sp³-hybridized carbons (Fsp3) is 0.667. The summed E-state index contributed by atoms with van der Waals surface area (Å²) in [5.74, 6) is 0. The summed E-state index contributed by atoms with van der Waals surface area (Å²) >= 11 is 0. The van der Waals surface area contributed by atoms with E-state index in [0.717, 1.165) is 0 Å². The van der Waals surface area contributed by atoms with Crippen LogP contribution in [0.1, 0.15) is 0 Å². The second-order valence-electron chi connectivity index (χ2n) is 2.26. The van der Waals surface area contributed by atoms with Gasteiger partial charge in [-0.3, -0.25) is 5.41 Å². The molecule has 0 aromatic heterocycles. The van der Waals surface area contributed by atoms with E-state index in [4.69, 9.17) is 5.41 Å². The molecule has 0 saturated carbocycles. The number of hydrogen-bond acceptors (Lipinski definition) is 5. The van der Waals surface area contributed by atoms with Gasteiger partial charge >= 0.3 is 31.1 Å². The third kappa shape index (κ3) is 2.62. The van der Waals surface area contributed by atoms with Crippen LogP contribution in [0.15, 0.2) is 0 Å². The molecule has 0 unspecified atom stereocenters. The minimum Gasteiger partial charge on any atom is -0.290 e. The SMILES string of the molecule is N=CN(S(=O)(=O)C(F)(F)F)S(=O)(=O)C(F)(F)F. The molecule has 0 aliphatic rings. The molecule has 0 atom stereocenters. The first-order chi connectivity index (χ1) is 7.19. The molecular weight excluding hydrogens is 306 g/mol. The molecule has 0 fully saturated rings. The quantitative estimate of drug-likeness (QED) is 0.469. The van der Waals surface area contributed by atoms with Crippen molar-refractivity contribution in [3.05, 3.63) is 0 Å². The third-order valence-corrected chi connectivity index (χ3v) is 4.67. The van der Waals surface area contributed by atoms with E-state index in [0.29, 0.717) is 0 Å². The number of nitrogens with zero attached hydrogens (tertiary/aromatic N) is 1. The van der Waals surface area contributed by atoms with Crippen LogP contribution < -0.4 is 0 Å². The minimum absolute atomic E-state index is 1.11. The topological polar surface area (TPSA) is 95.4 Å². The van der Waals surface area contributed by atoms with Gasteiger partial charge in [-0.15, -0.1) is 3.71 Å². The zero-order chi connectivity index (χ0) is 14.3. The van der Waals surface area contributed by atoms with Crippen LogP contribution in [0.3, 0.4) is 0 Å². The Balaban J connectivity index is 5.99. The van der Waals surface area contributed by atoms with E-state index in [1.54, 1.807) is 0 Å². The molecule has 0 rings (SSSR count). The number of rotatable bonds is 3. The molecule has 17 heavy (non-hydrogen) atoms. The third-order valence-electron chi connectivity index (χ3n) is 1.16. The van der Waals surface area contributed by atoms with E-state index < -0.39 is 41.1 Å². The summed E-state index contributed by atoms with van der Waals surface area (Å²) in [7, 11) is -13.7. The maximum atomic E-state index is 11.8. The summed E-state index contributed by atoms with van der Waals surface area (Å²) in [6.45, 7) is 0. The summed E-state index contributed by atoms with van der Waals surface area (Å²) in [5, 5.41) is 6.07. The van der Waals surface area contributed by atoms with Crippen molar-refractivity contribution in [1.29, 1.82) is 5.41 Å². The second-order valence-corrected chi connectivity index (χ2v) is 6.10. The number of alkyl halides is 6. The first-order valence-corrected chi connectivity index (χ1v) is 6.00. The van der Waals surface area contributed by atoms with Crippen LogP contribution in [0, 0.1) is 5.41 Å². The number of nitrogens with one attached hydrogen (secondary N) is 1. The van der Waals surface area contributed by atoms with E-state index in [1.165, 1.54) is 0 Å². The van der Waals surface area contributed by atoms with Gasteiger partial charge in [-0.1, -0.05) is 0 Å². The van der Waals surface area contributed by atoms with Crippen LogP contribution in [0.25, 0.3) is 0 Å². The fourth-order valence-electron chi connectivity index (χ4n) is 0.472. The molecule has 1 N–H and O–H groups in total. The normalized spacial score (nSPS) is 14.5. The molecule has 0 aliphatic heterocycles.